The lowest BCUT2D eigenvalue weighted by atomic mass is 10.1. The van der Waals surface area contributed by atoms with Gasteiger partial charge < -0.3 is 10.5 Å². The predicted molar refractivity (Wildman–Crippen MR) is 78.1 cm³/mol. The average Bonchev–Trinajstić information content (AvgIpc) is 3.27. The standard InChI is InChI=1S/C14H22N2O3S/c1-11(12-2-3-12)10-16-20(17,18)14-6-4-13(5-7-14)19-9-8-15/h4-7,11-12,16H,2-3,8-10,15H2,1H3. The summed E-state index contributed by atoms with van der Waals surface area (Å²) in [7, 11) is -3.43. The van der Waals surface area contributed by atoms with E-state index in [1.54, 1.807) is 24.3 Å². The third kappa shape index (κ3) is 4.19. The van der Waals surface area contributed by atoms with E-state index in [1.165, 1.54) is 12.8 Å². The third-order valence-corrected chi connectivity index (χ3v) is 4.98. The highest BCUT2D eigenvalue weighted by Gasteiger charge is 2.28. The van der Waals surface area contributed by atoms with Crippen LogP contribution in [0, 0.1) is 11.8 Å². The number of ether oxygens (including phenoxy) is 1. The van der Waals surface area contributed by atoms with Crippen LogP contribution in [0.2, 0.25) is 0 Å². The van der Waals surface area contributed by atoms with E-state index in [0.29, 0.717) is 37.3 Å². The molecule has 0 amide bonds. The van der Waals surface area contributed by atoms with Crippen LogP contribution in [-0.4, -0.2) is 28.1 Å². The smallest absolute Gasteiger partial charge is 0.240 e. The highest BCUT2D eigenvalue weighted by Crippen LogP contribution is 2.36. The molecule has 20 heavy (non-hydrogen) atoms. The lowest BCUT2D eigenvalue weighted by molar-refractivity contribution is 0.328. The molecule has 6 heteroatoms. The molecule has 1 aromatic carbocycles. The molecule has 1 aliphatic rings. The van der Waals surface area contributed by atoms with Gasteiger partial charge in [0.2, 0.25) is 10.0 Å². The van der Waals surface area contributed by atoms with Crippen molar-refractivity contribution in [3.63, 3.8) is 0 Å². The summed E-state index contributed by atoms with van der Waals surface area (Å²) in [6, 6.07) is 6.40. The largest absolute Gasteiger partial charge is 0.492 e. The second-order valence-corrected chi connectivity index (χ2v) is 7.04. The maximum Gasteiger partial charge on any atom is 0.240 e. The third-order valence-electron chi connectivity index (χ3n) is 3.54. The van der Waals surface area contributed by atoms with E-state index in [4.69, 9.17) is 10.5 Å². The summed E-state index contributed by atoms with van der Waals surface area (Å²) in [5.41, 5.74) is 5.34. The minimum atomic E-state index is -3.43. The quantitative estimate of drug-likeness (QED) is 0.759. The molecule has 0 aromatic heterocycles. The lowest BCUT2D eigenvalue weighted by Gasteiger charge is -2.12. The van der Waals surface area contributed by atoms with Crippen LogP contribution in [0.1, 0.15) is 19.8 Å². The van der Waals surface area contributed by atoms with Crippen molar-refractivity contribution in [2.45, 2.75) is 24.7 Å². The minimum Gasteiger partial charge on any atom is -0.492 e. The molecular formula is C14H22N2O3S. The fraction of sp³-hybridized carbons (Fsp3) is 0.571. The van der Waals surface area contributed by atoms with E-state index in [2.05, 4.69) is 11.6 Å². The first-order chi connectivity index (χ1) is 9.53. The van der Waals surface area contributed by atoms with E-state index in [1.807, 2.05) is 0 Å². The summed E-state index contributed by atoms with van der Waals surface area (Å²) in [6.45, 7) is 3.44. The van der Waals surface area contributed by atoms with Gasteiger partial charge in [-0.15, -0.1) is 0 Å². The molecule has 0 aliphatic heterocycles. The van der Waals surface area contributed by atoms with E-state index < -0.39 is 10.0 Å². The van der Waals surface area contributed by atoms with Crippen LogP contribution in [0.15, 0.2) is 29.2 Å². The Balaban J connectivity index is 1.93. The molecule has 1 saturated carbocycles. The molecule has 0 saturated heterocycles. The highest BCUT2D eigenvalue weighted by atomic mass is 32.2. The molecule has 1 atom stereocenters. The van der Waals surface area contributed by atoms with E-state index in [-0.39, 0.29) is 4.90 Å². The van der Waals surface area contributed by atoms with Gasteiger partial charge in [0, 0.05) is 13.1 Å². The molecule has 2 rings (SSSR count). The van der Waals surface area contributed by atoms with E-state index in [9.17, 15) is 8.42 Å². The van der Waals surface area contributed by atoms with Crippen molar-refractivity contribution >= 4 is 10.0 Å². The van der Waals surface area contributed by atoms with Gasteiger partial charge in [-0.2, -0.15) is 0 Å². The molecule has 3 N–H and O–H groups in total. The molecule has 0 bridgehead atoms. The minimum absolute atomic E-state index is 0.264. The Bertz CT molecular complexity index is 524. The summed E-state index contributed by atoms with van der Waals surface area (Å²) in [5.74, 6) is 1.71. The van der Waals surface area contributed by atoms with E-state index >= 15 is 0 Å². The van der Waals surface area contributed by atoms with Gasteiger partial charge >= 0.3 is 0 Å². The zero-order valence-electron chi connectivity index (χ0n) is 11.7. The van der Waals surface area contributed by atoms with Gasteiger partial charge in [0.1, 0.15) is 12.4 Å². The predicted octanol–water partition coefficient (Wildman–Crippen LogP) is 1.35. The summed E-state index contributed by atoms with van der Waals surface area (Å²) in [4.78, 5) is 0.264. The van der Waals surface area contributed by atoms with Gasteiger partial charge in [-0.25, -0.2) is 13.1 Å². The molecule has 0 heterocycles. The van der Waals surface area contributed by atoms with Gasteiger partial charge in [-0.05, 0) is 48.9 Å². The maximum atomic E-state index is 12.1. The molecule has 1 aliphatic carbocycles. The zero-order chi connectivity index (χ0) is 14.6. The first-order valence-corrected chi connectivity index (χ1v) is 8.44. The Morgan fingerprint density at radius 2 is 2.00 bits per heavy atom. The zero-order valence-corrected chi connectivity index (χ0v) is 12.5. The fourth-order valence-corrected chi connectivity index (χ4v) is 3.19. The van der Waals surface area contributed by atoms with Gasteiger partial charge in [0.05, 0.1) is 4.90 Å². The van der Waals surface area contributed by atoms with Gasteiger partial charge in [-0.3, -0.25) is 0 Å². The number of nitrogens with one attached hydrogen (secondary N) is 1. The Morgan fingerprint density at radius 3 is 2.55 bits per heavy atom. The number of nitrogens with two attached hydrogens (primary N) is 1. The summed E-state index contributed by atoms with van der Waals surface area (Å²) >= 11 is 0. The van der Waals surface area contributed by atoms with Crippen molar-refractivity contribution in [1.29, 1.82) is 0 Å². The van der Waals surface area contributed by atoms with Gasteiger partial charge in [0.25, 0.3) is 0 Å². The molecule has 0 spiro atoms. The van der Waals surface area contributed by atoms with Crippen LogP contribution in [0.25, 0.3) is 0 Å². The van der Waals surface area contributed by atoms with Crippen molar-refractivity contribution in [3.8, 4) is 5.75 Å². The number of hydrogen-bond acceptors (Lipinski definition) is 4. The number of benzene rings is 1. The summed E-state index contributed by atoms with van der Waals surface area (Å²) < 4.78 is 32.3. The molecule has 1 aromatic rings. The average molecular weight is 298 g/mol. The Hall–Kier alpha value is -1.11. The molecule has 112 valence electrons. The first kappa shape index (κ1) is 15.3. The lowest BCUT2D eigenvalue weighted by Crippen LogP contribution is -2.29. The number of sulfonamides is 1. The van der Waals surface area contributed by atoms with Crippen molar-refractivity contribution in [2.24, 2.45) is 17.6 Å². The molecule has 0 radical (unpaired) electrons. The van der Waals surface area contributed by atoms with Crippen LogP contribution < -0.4 is 15.2 Å². The van der Waals surface area contributed by atoms with Crippen molar-refractivity contribution in [2.75, 3.05) is 19.7 Å². The van der Waals surface area contributed by atoms with Crippen LogP contribution in [0.3, 0.4) is 0 Å². The molecule has 5 nitrogen and oxygen atoms in total. The van der Waals surface area contributed by atoms with Gasteiger partial charge in [0.15, 0.2) is 0 Å². The Labute approximate surface area is 120 Å². The van der Waals surface area contributed by atoms with Gasteiger partial charge in [-0.1, -0.05) is 6.92 Å². The maximum absolute atomic E-state index is 12.1. The second-order valence-electron chi connectivity index (χ2n) is 5.28. The monoisotopic (exact) mass is 298 g/mol. The van der Waals surface area contributed by atoms with E-state index in [0.717, 1.165) is 0 Å². The topological polar surface area (TPSA) is 81.4 Å². The molecule has 1 unspecified atom stereocenters. The van der Waals surface area contributed by atoms with Crippen molar-refractivity contribution < 1.29 is 13.2 Å². The molecular weight excluding hydrogens is 276 g/mol. The first-order valence-electron chi connectivity index (χ1n) is 6.95. The fourth-order valence-electron chi connectivity index (χ4n) is 2.05. The van der Waals surface area contributed by atoms with Crippen LogP contribution >= 0.6 is 0 Å². The van der Waals surface area contributed by atoms with Crippen LogP contribution in [-0.2, 0) is 10.0 Å². The summed E-state index contributed by atoms with van der Waals surface area (Å²) in [5, 5.41) is 0. The highest BCUT2D eigenvalue weighted by molar-refractivity contribution is 7.89. The Kier molecular flexibility index (Phi) is 5.01. The Morgan fingerprint density at radius 1 is 1.35 bits per heavy atom. The van der Waals surface area contributed by atoms with Crippen LogP contribution in [0.5, 0.6) is 5.75 Å². The van der Waals surface area contributed by atoms with Crippen molar-refractivity contribution in [3.05, 3.63) is 24.3 Å². The second kappa shape index (κ2) is 6.56. The summed E-state index contributed by atoms with van der Waals surface area (Å²) in [6.07, 6.45) is 2.44. The normalized spacial score (nSPS) is 16.9. The molecule has 1 fully saturated rings. The number of rotatable bonds is 8. The number of hydrogen-bond donors (Lipinski definition) is 2. The van der Waals surface area contributed by atoms with Crippen molar-refractivity contribution in [1.82, 2.24) is 4.72 Å². The SMILES string of the molecule is CC(CNS(=O)(=O)c1ccc(OCCN)cc1)C1CC1. The van der Waals surface area contributed by atoms with Crippen LogP contribution in [0.4, 0.5) is 0 Å².